The van der Waals surface area contributed by atoms with Crippen molar-refractivity contribution in [1.82, 2.24) is 9.55 Å². The van der Waals surface area contributed by atoms with Gasteiger partial charge < -0.3 is 14.4 Å². The van der Waals surface area contributed by atoms with E-state index in [1.54, 1.807) is 47.9 Å². The smallest absolute Gasteiger partial charge is 0.340 e. The van der Waals surface area contributed by atoms with Crippen molar-refractivity contribution in [2.45, 2.75) is 45.8 Å². The molecular formula is C22H25N3O5. The van der Waals surface area contributed by atoms with E-state index in [-0.39, 0.29) is 24.4 Å². The molecule has 0 radical (unpaired) electrons. The maximum absolute atomic E-state index is 12.4. The maximum Gasteiger partial charge on any atom is 0.340 e. The fourth-order valence-electron chi connectivity index (χ4n) is 3.47. The fourth-order valence-corrected chi connectivity index (χ4v) is 3.47. The van der Waals surface area contributed by atoms with Crippen LogP contribution in [0.25, 0.3) is 22.4 Å². The second-order valence-corrected chi connectivity index (χ2v) is 7.01. The average Bonchev–Trinajstić information content (AvgIpc) is 3.10. The van der Waals surface area contributed by atoms with Gasteiger partial charge in [0.1, 0.15) is 11.3 Å². The first-order valence-corrected chi connectivity index (χ1v) is 10.1. The van der Waals surface area contributed by atoms with E-state index < -0.39 is 17.0 Å². The highest BCUT2D eigenvalue weighted by Gasteiger charge is 2.24. The van der Waals surface area contributed by atoms with Crippen molar-refractivity contribution in [3.63, 3.8) is 0 Å². The Morgan fingerprint density at radius 3 is 2.70 bits per heavy atom. The summed E-state index contributed by atoms with van der Waals surface area (Å²) >= 11 is 0. The fraction of sp³-hybridized carbons (Fsp3) is 0.364. The average molecular weight is 411 g/mol. The minimum Gasteiger partial charge on any atom is -0.462 e. The lowest BCUT2D eigenvalue weighted by Gasteiger charge is -2.14. The largest absolute Gasteiger partial charge is 0.462 e. The Morgan fingerprint density at radius 2 is 2.00 bits per heavy atom. The third-order valence-electron chi connectivity index (χ3n) is 4.90. The summed E-state index contributed by atoms with van der Waals surface area (Å²) in [6.07, 6.45) is 1.77. The predicted octanol–water partition coefficient (Wildman–Crippen LogP) is 4.34. The number of aliphatic hydroxyl groups excluding tert-OH is 1. The third kappa shape index (κ3) is 4.33. The molecule has 8 nitrogen and oxygen atoms in total. The Labute approximate surface area is 174 Å². The summed E-state index contributed by atoms with van der Waals surface area (Å²) < 4.78 is 6.89. The van der Waals surface area contributed by atoms with Gasteiger partial charge in [0.05, 0.1) is 40.8 Å². The van der Waals surface area contributed by atoms with Gasteiger partial charge in [-0.1, -0.05) is 38.0 Å². The van der Waals surface area contributed by atoms with E-state index in [0.29, 0.717) is 28.8 Å². The summed E-state index contributed by atoms with van der Waals surface area (Å²) in [5.74, 6) is -0.169. The van der Waals surface area contributed by atoms with Crippen molar-refractivity contribution < 1.29 is 19.6 Å². The van der Waals surface area contributed by atoms with Crippen LogP contribution in [0, 0.1) is 10.1 Å². The van der Waals surface area contributed by atoms with Crippen LogP contribution in [0.5, 0.6) is 0 Å². The number of fused-ring (bicyclic) bond motifs is 1. The Hall–Kier alpha value is -3.26. The number of para-hydroxylation sites is 2. The molecule has 0 aliphatic carbocycles. The number of unbranched alkanes of at least 4 members (excludes halogenated alkanes) is 1. The molecule has 0 spiro atoms. The van der Waals surface area contributed by atoms with Crippen molar-refractivity contribution in [3.05, 3.63) is 58.1 Å². The number of nitro benzene ring substituents is 1. The summed E-state index contributed by atoms with van der Waals surface area (Å²) in [4.78, 5) is 28.2. The molecule has 0 fully saturated rings. The van der Waals surface area contributed by atoms with Crippen LogP contribution in [0.1, 0.15) is 43.5 Å². The summed E-state index contributed by atoms with van der Waals surface area (Å²) in [6.45, 7) is 4.20. The number of esters is 1. The van der Waals surface area contributed by atoms with Crippen LogP contribution >= 0.6 is 0 Å². The zero-order valence-corrected chi connectivity index (χ0v) is 17.1. The van der Waals surface area contributed by atoms with Crippen LogP contribution in [0.4, 0.5) is 5.69 Å². The number of hydrogen-bond acceptors (Lipinski definition) is 6. The number of benzene rings is 2. The SMILES string of the molecule is CCCC[C@H](O)Cn1c(-c2ccccc2[N+](=O)[O-])nc2c(C(=O)OCC)cccc21. The molecule has 1 atom stereocenters. The van der Waals surface area contributed by atoms with Gasteiger partial charge >= 0.3 is 5.97 Å². The molecule has 0 saturated heterocycles. The zero-order chi connectivity index (χ0) is 21.7. The molecule has 3 aromatic rings. The number of aliphatic hydroxyl groups is 1. The van der Waals surface area contributed by atoms with Gasteiger partial charge in [-0.3, -0.25) is 10.1 Å². The van der Waals surface area contributed by atoms with Crippen LogP contribution < -0.4 is 0 Å². The standard InChI is InChI=1S/C22H25N3O5/c1-3-5-9-15(26)14-24-19-13-8-11-17(22(27)30-4-2)20(19)23-21(24)16-10-6-7-12-18(16)25(28)29/h6-8,10-13,15,26H,3-5,9,14H2,1-2H3/t15-/m0/s1. The van der Waals surface area contributed by atoms with Crippen molar-refractivity contribution in [2.24, 2.45) is 0 Å². The molecule has 0 unspecified atom stereocenters. The van der Waals surface area contributed by atoms with E-state index in [4.69, 9.17) is 4.74 Å². The van der Waals surface area contributed by atoms with Crippen LogP contribution in [0.15, 0.2) is 42.5 Å². The highest BCUT2D eigenvalue weighted by Crippen LogP contribution is 2.33. The molecule has 8 heteroatoms. The number of aromatic nitrogens is 2. The molecule has 0 bridgehead atoms. The Kier molecular flexibility index (Phi) is 6.79. The molecule has 158 valence electrons. The van der Waals surface area contributed by atoms with E-state index in [1.165, 1.54) is 6.07 Å². The van der Waals surface area contributed by atoms with Crippen molar-refractivity contribution >= 4 is 22.7 Å². The lowest BCUT2D eigenvalue weighted by atomic mass is 10.1. The van der Waals surface area contributed by atoms with Gasteiger partial charge in [0, 0.05) is 6.07 Å². The second kappa shape index (κ2) is 9.49. The maximum atomic E-state index is 12.4. The Balaban J connectivity index is 2.22. The first-order chi connectivity index (χ1) is 14.5. The van der Waals surface area contributed by atoms with Gasteiger partial charge in [-0.05, 0) is 31.5 Å². The van der Waals surface area contributed by atoms with Gasteiger partial charge in [-0.2, -0.15) is 0 Å². The summed E-state index contributed by atoms with van der Waals surface area (Å²) in [7, 11) is 0. The molecular weight excluding hydrogens is 386 g/mol. The van der Waals surface area contributed by atoms with Gasteiger partial charge in [0.25, 0.3) is 5.69 Å². The molecule has 0 aliphatic heterocycles. The number of rotatable bonds is 9. The third-order valence-corrected chi connectivity index (χ3v) is 4.90. The van der Waals surface area contributed by atoms with E-state index in [9.17, 15) is 20.0 Å². The van der Waals surface area contributed by atoms with Crippen LogP contribution in [0.2, 0.25) is 0 Å². The minimum absolute atomic E-state index is 0.0882. The van der Waals surface area contributed by atoms with E-state index >= 15 is 0 Å². The summed E-state index contributed by atoms with van der Waals surface area (Å²) in [5.41, 5.74) is 1.54. The Morgan fingerprint density at radius 1 is 1.23 bits per heavy atom. The Bertz CT molecular complexity index is 1060. The lowest BCUT2D eigenvalue weighted by Crippen LogP contribution is -2.17. The van der Waals surface area contributed by atoms with Gasteiger partial charge in [0.15, 0.2) is 0 Å². The zero-order valence-electron chi connectivity index (χ0n) is 17.1. The van der Waals surface area contributed by atoms with E-state index in [1.807, 2.05) is 6.92 Å². The number of nitro groups is 1. The molecule has 1 aromatic heterocycles. The highest BCUT2D eigenvalue weighted by atomic mass is 16.6. The highest BCUT2D eigenvalue weighted by molar-refractivity contribution is 6.03. The molecule has 1 heterocycles. The molecule has 30 heavy (non-hydrogen) atoms. The lowest BCUT2D eigenvalue weighted by molar-refractivity contribution is -0.384. The monoisotopic (exact) mass is 411 g/mol. The first-order valence-electron chi connectivity index (χ1n) is 10.1. The minimum atomic E-state index is -0.643. The summed E-state index contributed by atoms with van der Waals surface area (Å²) in [5, 5.41) is 22.1. The van der Waals surface area contributed by atoms with E-state index in [2.05, 4.69) is 4.98 Å². The summed E-state index contributed by atoms with van der Waals surface area (Å²) in [6, 6.07) is 11.5. The number of nitrogens with zero attached hydrogens (tertiary/aromatic N) is 3. The van der Waals surface area contributed by atoms with Crippen LogP contribution in [0.3, 0.4) is 0 Å². The molecule has 0 amide bonds. The number of carbonyl (C=O) groups is 1. The quantitative estimate of drug-likeness (QED) is 0.319. The van der Waals surface area contributed by atoms with Gasteiger partial charge in [-0.25, -0.2) is 9.78 Å². The molecule has 0 saturated carbocycles. The second-order valence-electron chi connectivity index (χ2n) is 7.01. The van der Waals surface area contributed by atoms with Crippen LogP contribution in [-0.2, 0) is 11.3 Å². The number of ether oxygens (including phenoxy) is 1. The molecule has 1 N–H and O–H groups in total. The van der Waals surface area contributed by atoms with Crippen molar-refractivity contribution in [1.29, 1.82) is 0 Å². The van der Waals surface area contributed by atoms with Crippen molar-refractivity contribution in [2.75, 3.05) is 6.61 Å². The number of imidazole rings is 1. The topological polar surface area (TPSA) is 107 Å². The normalized spacial score (nSPS) is 12.1. The van der Waals surface area contributed by atoms with Gasteiger partial charge in [0.2, 0.25) is 0 Å². The first kappa shape index (κ1) is 21.4. The number of carbonyl (C=O) groups excluding carboxylic acids is 1. The predicted molar refractivity (Wildman–Crippen MR) is 113 cm³/mol. The molecule has 3 rings (SSSR count). The number of hydrogen-bond donors (Lipinski definition) is 1. The molecule has 0 aliphatic rings. The molecule has 2 aromatic carbocycles. The van der Waals surface area contributed by atoms with Crippen LogP contribution in [-0.4, -0.2) is 38.3 Å². The van der Waals surface area contributed by atoms with E-state index in [0.717, 1.165) is 12.8 Å². The van der Waals surface area contributed by atoms with Gasteiger partial charge in [-0.15, -0.1) is 0 Å². The van der Waals surface area contributed by atoms with Crippen molar-refractivity contribution in [3.8, 4) is 11.4 Å².